The van der Waals surface area contributed by atoms with Crippen LogP contribution in [0, 0.1) is 11.3 Å². The molecule has 0 unspecified atom stereocenters. The van der Waals surface area contributed by atoms with E-state index in [2.05, 4.69) is 35.1 Å². The molecule has 0 aliphatic heterocycles. The van der Waals surface area contributed by atoms with Crippen LogP contribution in [-0.2, 0) is 6.54 Å². The summed E-state index contributed by atoms with van der Waals surface area (Å²) in [6.07, 6.45) is 0. The lowest BCUT2D eigenvalue weighted by atomic mass is 10.0. The van der Waals surface area contributed by atoms with Crippen LogP contribution in [0.4, 0.5) is 16.2 Å². The Morgan fingerprint density at radius 2 is 1.76 bits per heavy atom. The normalized spacial score (nSPS) is 10.8. The van der Waals surface area contributed by atoms with Gasteiger partial charge in [0.2, 0.25) is 0 Å². The number of amides is 2. The Balaban J connectivity index is 1.63. The van der Waals surface area contributed by atoms with Crippen LogP contribution >= 0.6 is 0 Å². The molecule has 0 radical (unpaired) electrons. The van der Waals surface area contributed by atoms with Crippen LogP contribution in [0.2, 0.25) is 0 Å². The minimum Gasteiger partial charge on any atom is -0.497 e. The summed E-state index contributed by atoms with van der Waals surface area (Å²) in [5, 5.41) is 16.6. The predicted molar refractivity (Wildman–Crippen MR) is 137 cm³/mol. The number of anilines is 2. The summed E-state index contributed by atoms with van der Waals surface area (Å²) in [5.74, 6) is 1.17. The van der Waals surface area contributed by atoms with Gasteiger partial charge in [-0.1, -0.05) is 38.1 Å². The quantitative estimate of drug-likeness (QED) is 0.331. The smallest absolute Gasteiger partial charge is 0.323 e. The fourth-order valence-electron chi connectivity index (χ4n) is 4.19. The van der Waals surface area contributed by atoms with Gasteiger partial charge in [-0.25, -0.2) is 4.79 Å². The summed E-state index contributed by atoms with van der Waals surface area (Å²) < 4.78 is 7.49. The number of benzene rings is 3. The van der Waals surface area contributed by atoms with Crippen LogP contribution < -0.4 is 15.4 Å². The van der Waals surface area contributed by atoms with Gasteiger partial charge in [0.05, 0.1) is 23.9 Å². The third-order valence-corrected chi connectivity index (χ3v) is 5.93. The number of hydrogen-bond acceptors (Lipinski definition) is 3. The third-order valence-electron chi connectivity index (χ3n) is 5.93. The number of hydrogen-bond donors (Lipinski definition) is 2. The lowest BCUT2D eigenvalue weighted by Gasteiger charge is -2.12. The molecule has 0 aliphatic rings. The van der Waals surface area contributed by atoms with E-state index in [1.54, 1.807) is 7.11 Å². The van der Waals surface area contributed by atoms with Gasteiger partial charge in [-0.05, 0) is 54.8 Å². The Hall–Kier alpha value is -4.24. The number of methoxy groups -OCH3 is 1. The van der Waals surface area contributed by atoms with E-state index in [1.807, 2.05) is 73.7 Å². The van der Waals surface area contributed by atoms with Gasteiger partial charge in [0.15, 0.2) is 0 Å². The van der Waals surface area contributed by atoms with Gasteiger partial charge >= 0.3 is 6.03 Å². The number of carbonyl (C=O) groups excluding carboxylic acids is 1. The molecule has 1 aromatic heterocycles. The molecular weight excluding hydrogens is 424 g/mol. The second kappa shape index (κ2) is 9.72. The molecule has 4 aromatic rings. The molecule has 0 bridgehead atoms. The van der Waals surface area contributed by atoms with Crippen molar-refractivity contribution in [1.29, 1.82) is 5.26 Å². The van der Waals surface area contributed by atoms with Crippen molar-refractivity contribution in [2.75, 3.05) is 17.7 Å². The lowest BCUT2D eigenvalue weighted by Crippen LogP contribution is -2.19. The van der Waals surface area contributed by atoms with Gasteiger partial charge in [-0.15, -0.1) is 0 Å². The number of nitrogens with one attached hydrogen (secondary N) is 2. The van der Waals surface area contributed by atoms with E-state index in [-0.39, 0.29) is 6.03 Å². The van der Waals surface area contributed by atoms with Crippen LogP contribution in [0.25, 0.3) is 22.2 Å². The van der Waals surface area contributed by atoms with Crippen molar-refractivity contribution < 1.29 is 9.53 Å². The molecule has 6 heteroatoms. The van der Waals surface area contributed by atoms with Crippen molar-refractivity contribution in [2.24, 2.45) is 0 Å². The van der Waals surface area contributed by atoms with Crippen LogP contribution in [0.15, 0.2) is 66.7 Å². The third kappa shape index (κ3) is 4.46. The predicted octanol–water partition coefficient (Wildman–Crippen LogP) is 6.98. The fourth-order valence-corrected chi connectivity index (χ4v) is 4.19. The molecule has 3 aromatic carbocycles. The molecule has 0 aliphatic carbocycles. The molecule has 0 atom stereocenters. The molecule has 0 spiro atoms. The minimum atomic E-state index is -0.323. The molecular formula is C28H28N4O2. The van der Waals surface area contributed by atoms with Gasteiger partial charge in [0.1, 0.15) is 11.8 Å². The number of urea groups is 1. The van der Waals surface area contributed by atoms with E-state index in [1.165, 1.54) is 5.56 Å². The highest BCUT2D eigenvalue weighted by molar-refractivity contribution is 6.00. The Labute approximate surface area is 199 Å². The Morgan fingerprint density at radius 1 is 1.03 bits per heavy atom. The molecule has 2 N–H and O–H groups in total. The largest absolute Gasteiger partial charge is 0.497 e. The number of nitriles is 1. The zero-order valence-corrected chi connectivity index (χ0v) is 19.8. The maximum Gasteiger partial charge on any atom is 0.323 e. The molecule has 0 fully saturated rings. The fraction of sp³-hybridized carbons (Fsp3) is 0.214. The van der Waals surface area contributed by atoms with Gasteiger partial charge in [0.25, 0.3) is 0 Å². The Morgan fingerprint density at radius 3 is 2.41 bits per heavy atom. The molecule has 6 nitrogen and oxygen atoms in total. The summed E-state index contributed by atoms with van der Waals surface area (Å²) in [6, 6.07) is 23.2. The summed E-state index contributed by atoms with van der Waals surface area (Å²) in [7, 11) is 1.63. The Bertz CT molecular complexity index is 1380. The molecule has 1 heterocycles. The van der Waals surface area contributed by atoms with Crippen molar-refractivity contribution in [3.8, 4) is 23.1 Å². The monoisotopic (exact) mass is 452 g/mol. The Kier molecular flexibility index (Phi) is 6.55. The van der Waals surface area contributed by atoms with E-state index in [4.69, 9.17) is 4.74 Å². The van der Waals surface area contributed by atoms with Crippen LogP contribution in [0.1, 0.15) is 37.8 Å². The highest BCUT2D eigenvalue weighted by Crippen LogP contribution is 2.36. The first-order chi connectivity index (χ1) is 16.4. The van der Waals surface area contributed by atoms with Crippen molar-refractivity contribution >= 4 is 28.3 Å². The lowest BCUT2D eigenvalue weighted by molar-refractivity contribution is 0.262. The van der Waals surface area contributed by atoms with Crippen molar-refractivity contribution in [3.05, 3.63) is 77.9 Å². The first-order valence-corrected chi connectivity index (χ1v) is 11.3. The number of nitrogens with zero attached hydrogens (tertiary/aromatic N) is 2. The number of aromatic nitrogens is 1. The zero-order chi connectivity index (χ0) is 24.2. The number of rotatable bonds is 6. The summed E-state index contributed by atoms with van der Waals surface area (Å²) >= 11 is 0. The molecule has 34 heavy (non-hydrogen) atoms. The standard InChI is InChI=1S/C28H28N4O2/c1-5-32-26-16-23(34-4)13-14-24(26)25(17-29)27(32)20-7-6-8-22(15-20)31-28(33)30-21-11-9-19(10-12-21)18(2)3/h6-16,18H,5H2,1-4H3,(H2,30,31,33). The van der Waals surface area contributed by atoms with Crippen LogP contribution in [0.3, 0.4) is 0 Å². The first kappa shape index (κ1) is 22.9. The average Bonchev–Trinajstić information content (AvgIpc) is 3.17. The van der Waals surface area contributed by atoms with E-state index in [9.17, 15) is 10.1 Å². The van der Waals surface area contributed by atoms with E-state index in [0.717, 1.165) is 33.6 Å². The molecule has 172 valence electrons. The molecule has 4 rings (SSSR count). The number of ether oxygens (including phenoxy) is 1. The van der Waals surface area contributed by atoms with Gasteiger partial charge in [-0.2, -0.15) is 5.26 Å². The van der Waals surface area contributed by atoms with Crippen molar-refractivity contribution in [2.45, 2.75) is 33.2 Å². The maximum atomic E-state index is 12.6. The summed E-state index contributed by atoms with van der Waals surface area (Å²) in [5.41, 5.74) is 5.80. The van der Waals surface area contributed by atoms with Gasteiger partial charge in [0, 0.05) is 34.9 Å². The van der Waals surface area contributed by atoms with Crippen molar-refractivity contribution in [1.82, 2.24) is 4.57 Å². The molecule has 0 saturated heterocycles. The molecule has 2 amide bonds. The maximum absolute atomic E-state index is 12.6. The second-order valence-electron chi connectivity index (χ2n) is 8.40. The van der Waals surface area contributed by atoms with Gasteiger partial charge in [-0.3, -0.25) is 0 Å². The minimum absolute atomic E-state index is 0.323. The van der Waals surface area contributed by atoms with E-state index < -0.39 is 0 Å². The average molecular weight is 453 g/mol. The highest BCUT2D eigenvalue weighted by atomic mass is 16.5. The first-order valence-electron chi connectivity index (χ1n) is 11.3. The van der Waals surface area contributed by atoms with Gasteiger partial charge < -0.3 is 19.9 Å². The molecule has 0 saturated carbocycles. The van der Waals surface area contributed by atoms with Crippen molar-refractivity contribution in [3.63, 3.8) is 0 Å². The second-order valence-corrected chi connectivity index (χ2v) is 8.40. The number of carbonyl (C=O) groups is 1. The zero-order valence-electron chi connectivity index (χ0n) is 19.8. The van der Waals surface area contributed by atoms with Crippen LogP contribution in [0.5, 0.6) is 5.75 Å². The van der Waals surface area contributed by atoms with E-state index >= 15 is 0 Å². The topological polar surface area (TPSA) is 79.1 Å². The van der Waals surface area contributed by atoms with E-state index in [0.29, 0.717) is 23.7 Å². The SMILES string of the molecule is CCn1c(-c2cccc(NC(=O)Nc3ccc(C(C)C)cc3)c2)c(C#N)c2ccc(OC)cc21. The van der Waals surface area contributed by atoms with Crippen LogP contribution in [-0.4, -0.2) is 17.7 Å². The summed E-state index contributed by atoms with van der Waals surface area (Å²) in [4.78, 5) is 12.6. The number of aryl methyl sites for hydroxylation is 1. The number of fused-ring (bicyclic) bond motifs is 1. The summed E-state index contributed by atoms with van der Waals surface area (Å²) in [6.45, 7) is 7.00. The highest BCUT2D eigenvalue weighted by Gasteiger charge is 2.19.